The van der Waals surface area contributed by atoms with Gasteiger partial charge in [-0.25, -0.2) is 4.39 Å². The lowest BCUT2D eigenvalue weighted by Crippen LogP contribution is -2.29. The molecule has 2 aromatic carbocycles. The van der Waals surface area contributed by atoms with E-state index in [0.717, 1.165) is 39.8 Å². The van der Waals surface area contributed by atoms with Crippen LogP contribution in [0.3, 0.4) is 0 Å². The molecule has 35 heavy (non-hydrogen) atoms. The van der Waals surface area contributed by atoms with Crippen molar-refractivity contribution in [2.24, 2.45) is 0 Å². The number of ether oxygens (including phenoxy) is 1. The highest BCUT2D eigenvalue weighted by Gasteiger charge is 2.42. The van der Waals surface area contributed by atoms with E-state index in [2.05, 4.69) is 51.8 Å². The van der Waals surface area contributed by atoms with Crippen LogP contribution in [0, 0.1) is 26.6 Å². The molecule has 1 saturated heterocycles. The highest BCUT2D eigenvalue weighted by molar-refractivity contribution is 7.80. The summed E-state index contributed by atoms with van der Waals surface area (Å²) in [4.78, 5) is 6.72. The molecule has 1 fully saturated rings. The van der Waals surface area contributed by atoms with Crippen molar-refractivity contribution in [1.82, 2.24) is 14.9 Å². The van der Waals surface area contributed by atoms with Gasteiger partial charge in [0.15, 0.2) is 5.11 Å². The molecule has 5 nitrogen and oxygen atoms in total. The van der Waals surface area contributed by atoms with E-state index in [9.17, 15) is 4.39 Å². The second-order valence-corrected chi connectivity index (χ2v) is 9.18. The molecule has 178 valence electrons. The second kappa shape index (κ2) is 9.15. The first-order valence-electron chi connectivity index (χ1n) is 11.5. The molecular formula is C28H27FN4OS. The minimum atomic E-state index is -0.234. The largest absolute Gasteiger partial charge is 0.497 e. The molecule has 0 bridgehead atoms. The highest BCUT2D eigenvalue weighted by atomic mass is 32.1. The number of nitrogens with one attached hydrogen (secondary N) is 1. The summed E-state index contributed by atoms with van der Waals surface area (Å²) in [6.45, 7) is 5.99. The maximum absolute atomic E-state index is 14.1. The number of anilines is 1. The predicted molar refractivity (Wildman–Crippen MR) is 141 cm³/mol. The van der Waals surface area contributed by atoms with Gasteiger partial charge in [-0.05, 0) is 105 Å². The Balaban J connectivity index is 1.66. The fraction of sp³-hybridized carbons (Fsp3) is 0.214. The van der Waals surface area contributed by atoms with Crippen molar-refractivity contribution >= 4 is 23.0 Å². The molecule has 2 atom stereocenters. The quantitative estimate of drug-likeness (QED) is 0.344. The Kier molecular flexibility index (Phi) is 6.03. The lowest BCUT2D eigenvalue weighted by atomic mass is 9.96. The molecule has 0 spiro atoms. The summed E-state index contributed by atoms with van der Waals surface area (Å²) in [7, 11) is 1.67. The van der Waals surface area contributed by atoms with Crippen LogP contribution in [0.2, 0.25) is 0 Å². The fourth-order valence-corrected chi connectivity index (χ4v) is 5.29. The second-order valence-electron chi connectivity index (χ2n) is 8.79. The number of aryl methyl sites for hydroxylation is 2. The van der Waals surface area contributed by atoms with Crippen LogP contribution in [0.15, 0.2) is 72.9 Å². The molecule has 1 aliphatic heterocycles. The van der Waals surface area contributed by atoms with Gasteiger partial charge < -0.3 is 19.5 Å². The number of halogens is 1. The molecule has 2 unspecified atom stereocenters. The van der Waals surface area contributed by atoms with Gasteiger partial charge in [0.25, 0.3) is 0 Å². The predicted octanol–water partition coefficient (Wildman–Crippen LogP) is 6.12. The van der Waals surface area contributed by atoms with Crippen LogP contribution in [0.5, 0.6) is 5.75 Å². The monoisotopic (exact) mass is 486 g/mol. The summed E-state index contributed by atoms with van der Waals surface area (Å²) in [5, 5.41) is 4.08. The minimum absolute atomic E-state index is 0.166. The Morgan fingerprint density at radius 2 is 1.71 bits per heavy atom. The summed E-state index contributed by atoms with van der Waals surface area (Å²) in [6.07, 6.45) is 1.79. The van der Waals surface area contributed by atoms with Crippen molar-refractivity contribution in [2.75, 3.05) is 12.0 Å². The number of thiocarbonyl (C=S) groups is 1. The van der Waals surface area contributed by atoms with E-state index in [-0.39, 0.29) is 17.9 Å². The Morgan fingerprint density at radius 1 is 0.971 bits per heavy atom. The molecule has 0 aliphatic carbocycles. The van der Waals surface area contributed by atoms with Crippen LogP contribution in [0.4, 0.5) is 10.1 Å². The third kappa shape index (κ3) is 4.06. The average Bonchev–Trinajstić information content (AvgIpc) is 3.36. The number of hydrogen-bond acceptors (Lipinski definition) is 3. The number of pyridine rings is 1. The Bertz CT molecular complexity index is 1380. The summed E-state index contributed by atoms with van der Waals surface area (Å²) >= 11 is 5.83. The summed E-state index contributed by atoms with van der Waals surface area (Å²) < 4.78 is 21.7. The van der Waals surface area contributed by atoms with E-state index < -0.39 is 0 Å². The molecule has 0 saturated carbocycles. The van der Waals surface area contributed by atoms with E-state index in [0.29, 0.717) is 10.7 Å². The Morgan fingerprint density at radius 3 is 2.37 bits per heavy atom. The standard InChI is InChI=1S/C28H27FN4OS/c1-17-15-21(10-13-24(17)29)33-27(26(31-28(33)35)25-7-5-6-14-30-25)23-16-18(2)32(19(23)3)20-8-11-22(34-4)12-9-20/h5-16,26-27H,1-4H3,(H,31,35). The number of rotatable bonds is 5. The van der Waals surface area contributed by atoms with Crippen LogP contribution in [0.1, 0.15) is 40.3 Å². The molecular weight excluding hydrogens is 459 g/mol. The zero-order chi connectivity index (χ0) is 24.7. The third-order valence-corrected chi connectivity index (χ3v) is 6.95. The fourth-order valence-electron chi connectivity index (χ4n) is 4.94. The van der Waals surface area contributed by atoms with Crippen LogP contribution in [0.25, 0.3) is 5.69 Å². The van der Waals surface area contributed by atoms with Crippen molar-refractivity contribution in [1.29, 1.82) is 0 Å². The molecule has 2 aromatic heterocycles. The SMILES string of the molecule is COc1ccc(-n2c(C)cc(C3C(c4ccccn4)NC(=S)N3c3ccc(F)c(C)c3)c2C)cc1. The van der Waals surface area contributed by atoms with Gasteiger partial charge in [-0.2, -0.15) is 0 Å². The van der Waals surface area contributed by atoms with Gasteiger partial charge in [0, 0.05) is 29.0 Å². The van der Waals surface area contributed by atoms with E-state index in [1.54, 1.807) is 26.3 Å². The van der Waals surface area contributed by atoms with E-state index in [1.807, 2.05) is 36.4 Å². The van der Waals surface area contributed by atoms with Gasteiger partial charge >= 0.3 is 0 Å². The molecule has 4 aromatic rings. The van der Waals surface area contributed by atoms with Gasteiger partial charge in [0.2, 0.25) is 0 Å². The normalized spacial score (nSPS) is 17.5. The number of benzene rings is 2. The molecule has 5 rings (SSSR count). The van der Waals surface area contributed by atoms with E-state index in [1.165, 1.54) is 6.07 Å². The average molecular weight is 487 g/mol. The van der Waals surface area contributed by atoms with Gasteiger partial charge in [-0.3, -0.25) is 4.98 Å². The highest BCUT2D eigenvalue weighted by Crippen LogP contribution is 2.44. The van der Waals surface area contributed by atoms with Crippen LogP contribution >= 0.6 is 12.2 Å². The Hall–Kier alpha value is -3.71. The number of nitrogens with zero attached hydrogens (tertiary/aromatic N) is 3. The lowest BCUT2D eigenvalue weighted by molar-refractivity contribution is 0.414. The van der Waals surface area contributed by atoms with E-state index in [4.69, 9.17) is 17.0 Å². The van der Waals surface area contributed by atoms with Gasteiger partial charge in [-0.15, -0.1) is 0 Å². The molecule has 1 aliphatic rings. The third-order valence-electron chi connectivity index (χ3n) is 6.64. The number of methoxy groups -OCH3 is 1. The van der Waals surface area contributed by atoms with Gasteiger partial charge in [0.1, 0.15) is 11.6 Å². The lowest BCUT2D eigenvalue weighted by Gasteiger charge is -2.28. The maximum atomic E-state index is 14.1. The molecule has 0 amide bonds. The number of aromatic nitrogens is 2. The number of hydrogen-bond donors (Lipinski definition) is 1. The summed E-state index contributed by atoms with van der Waals surface area (Å²) in [5.41, 5.74) is 6.72. The Labute approximate surface area is 210 Å². The smallest absolute Gasteiger partial charge is 0.174 e. The van der Waals surface area contributed by atoms with Crippen molar-refractivity contribution in [2.45, 2.75) is 32.9 Å². The van der Waals surface area contributed by atoms with Gasteiger partial charge in [-0.1, -0.05) is 6.07 Å². The topological polar surface area (TPSA) is 42.3 Å². The van der Waals surface area contributed by atoms with Crippen molar-refractivity contribution in [3.05, 3.63) is 107 Å². The minimum Gasteiger partial charge on any atom is -0.497 e. The first-order valence-corrected chi connectivity index (χ1v) is 11.9. The van der Waals surface area contributed by atoms with E-state index >= 15 is 0 Å². The molecule has 7 heteroatoms. The van der Waals surface area contributed by atoms with Gasteiger partial charge in [0.05, 0.1) is 24.9 Å². The summed E-state index contributed by atoms with van der Waals surface area (Å²) in [6, 6.07) is 20.9. The molecule has 1 N–H and O–H groups in total. The zero-order valence-corrected chi connectivity index (χ0v) is 20.9. The van der Waals surface area contributed by atoms with Crippen molar-refractivity contribution < 1.29 is 9.13 Å². The first-order chi connectivity index (χ1) is 16.9. The maximum Gasteiger partial charge on any atom is 0.174 e. The first kappa shape index (κ1) is 23.1. The van der Waals surface area contributed by atoms with Crippen molar-refractivity contribution in [3.8, 4) is 11.4 Å². The van der Waals surface area contributed by atoms with Crippen LogP contribution in [-0.2, 0) is 0 Å². The van der Waals surface area contributed by atoms with Crippen molar-refractivity contribution in [3.63, 3.8) is 0 Å². The van der Waals surface area contributed by atoms with Crippen LogP contribution in [-0.4, -0.2) is 21.8 Å². The van der Waals surface area contributed by atoms with Crippen LogP contribution < -0.4 is 15.0 Å². The zero-order valence-electron chi connectivity index (χ0n) is 20.1. The summed E-state index contributed by atoms with van der Waals surface area (Å²) in [5.74, 6) is 0.581. The molecule has 0 radical (unpaired) electrons. The molecule has 3 heterocycles.